The molecule has 1 aliphatic rings. The van der Waals surface area contributed by atoms with Crippen molar-refractivity contribution >= 4 is 10.9 Å². The summed E-state index contributed by atoms with van der Waals surface area (Å²) in [7, 11) is 0. The van der Waals surface area contributed by atoms with Gasteiger partial charge < -0.3 is 10.7 Å². The molecule has 4 rings (SSSR count). The molecule has 3 N–H and O–H groups in total. The van der Waals surface area contributed by atoms with Gasteiger partial charge in [-0.05, 0) is 35.6 Å². The molecule has 0 bridgehead atoms. The van der Waals surface area contributed by atoms with E-state index < -0.39 is 0 Å². The molecule has 2 heterocycles. The fourth-order valence-electron chi connectivity index (χ4n) is 2.60. The van der Waals surface area contributed by atoms with E-state index in [1.54, 1.807) is 0 Å². The van der Waals surface area contributed by atoms with Crippen LogP contribution in [0.25, 0.3) is 22.2 Å². The Bertz CT molecular complexity index is 727. The van der Waals surface area contributed by atoms with E-state index in [1.165, 1.54) is 10.9 Å². The lowest BCUT2D eigenvalue weighted by Gasteiger charge is -2.03. The van der Waals surface area contributed by atoms with E-state index in [-0.39, 0.29) is 0 Å². The van der Waals surface area contributed by atoms with Crippen LogP contribution < -0.4 is 5.73 Å². The number of nitrogens with one attached hydrogen (secondary N) is 1. The predicted octanol–water partition coefficient (Wildman–Crippen LogP) is 3.04. The van der Waals surface area contributed by atoms with Gasteiger partial charge in [0.25, 0.3) is 0 Å². The highest BCUT2D eigenvalue weighted by Crippen LogP contribution is 2.38. The molecule has 3 heteroatoms. The maximum absolute atomic E-state index is 5.87. The van der Waals surface area contributed by atoms with Crippen LogP contribution in [0.2, 0.25) is 0 Å². The molecule has 3 aromatic rings. The fourth-order valence-corrected chi connectivity index (χ4v) is 2.60. The average Bonchev–Trinajstić information content (AvgIpc) is 3.00. The molecule has 1 fully saturated rings. The van der Waals surface area contributed by atoms with Gasteiger partial charge in [0, 0.05) is 35.4 Å². The van der Waals surface area contributed by atoms with Crippen molar-refractivity contribution in [2.45, 2.75) is 18.4 Å². The van der Waals surface area contributed by atoms with E-state index in [0.717, 1.165) is 23.2 Å². The highest BCUT2D eigenvalue weighted by atomic mass is 14.8. The van der Waals surface area contributed by atoms with Crippen molar-refractivity contribution in [2.75, 3.05) is 0 Å². The first-order valence-corrected chi connectivity index (χ1v) is 6.60. The summed E-state index contributed by atoms with van der Waals surface area (Å²) in [5.41, 5.74) is 10.4. The predicted molar refractivity (Wildman–Crippen MR) is 76.9 cm³/mol. The van der Waals surface area contributed by atoms with Crippen LogP contribution in [-0.2, 0) is 0 Å². The zero-order valence-corrected chi connectivity index (χ0v) is 10.5. The quantitative estimate of drug-likeness (QED) is 0.733. The lowest BCUT2D eigenvalue weighted by molar-refractivity contribution is 0.981. The maximum Gasteiger partial charge on any atom is 0.0702 e. The van der Waals surface area contributed by atoms with Crippen LogP contribution in [0.15, 0.2) is 48.8 Å². The molecular formula is C16H15N3. The van der Waals surface area contributed by atoms with E-state index in [9.17, 15) is 0 Å². The van der Waals surface area contributed by atoms with Crippen LogP contribution in [-0.4, -0.2) is 16.0 Å². The number of pyridine rings is 1. The molecule has 2 atom stereocenters. The second kappa shape index (κ2) is 3.93. The molecule has 1 aromatic carbocycles. The maximum atomic E-state index is 5.87. The third-order valence-electron chi connectivity index (χ3n) is 3.91. The number of fused-ring (bicyclic) bond motifs is 1. The Hall–Kier alpha value is -2.13. The average molecular weight is 249 g/mol. The Kier molecular flexibility index (Phi) is 2.23. The fraction of sp³-hybridized carbons (Fsp3) is 0.188. The summed E-state index contributed by atoms with van der Waals surface area (Å²) in [6.07, 6.45) is 5.01. The molecule has 0 unspecified atom stereocenters. The van der Waals surface area contributed by atoms with Gasteiger partial charge in [0.05, 0.1) is 5.69 Å². The summed E-state index contributed by atoms with van der Waals surface area (Å²) >= 11 is 0. The summed E-state index contributed by atoms with van der Waals surface area (Å²) in [5.74, 6) is 0.521. The van der Waals surface area contributed by atoms with Crippen molar-refractivity contribution in [3.8, 4) is 11.3 Å². The molecule has 0 spiro atoms. The number of nitrogens with two attached hydrogens (primary N) is 1. The number of nitrogens with zero attached hydrogens (tertiary/aromatic N) is 1. The third kappa shape index (κ3) is 1.83. The zero-order chi connectivity index (χ0) is 12.8. The molecule has 0 aliphatic heterocycles. The summed E-state index contributed by atoms with van der Waals surface area (Å²) in [6, 6.07) is 13.0. The molecule has 2 aromatic heterocycles. The van der Waals surface area contributed by atoms with Crippen LogP contribution in [0, 0.1) is 0 Å². The molecule has 1 aliphatic carbocycles. The van der Waals surface area contributed by atoms with Crippen LogP contribution in [0.4, 0.5) is 0 Å². The molecule has 94 valence electrons. The lowest BCUT2D eigenvalue weighted by Crippen LogP contribution is -2.01. The Morgan fingerprint density at radius 1 is 1.16 bits per heavy atom. The van der Waals surface area contributed by atoms with Crippen molar-refractivity contribution < 1.29 is 0 Å². The van der Waals surface area contributed by atoms with E-state index >= 15 is 0 Å². The number of hydrogen-bond donors (Lipinski definition) is 2. The second-order valence-electron chi connectivity index (χ2n) is 5.26. The van der Waals surface area contributed by atoms with Gasteiger partial charge >= 0.3 is 0 Å². The van der Waals surface area contributed by atoms with Crippen molar-refractivity contribution in [2.24, 2.45) is 5.73 Å². The Labute approximate surface area is 111 Å². The van der Waals surface area contributed by atoms with Crippen molar-refractivity contribution in [3.63, 3.8) is 0 Å². The lowest BCUT2D eigenvalue weighted by atomic mass is 10.1. The van der Waals surface area contributed by atoms with Gasteiger partial charge in [0.2, 0.25) is 0 Å². The van der Waals surface area contributed by atoms with Crippen LogP contribution in [0.3, 0.4) is 0 Å². The van der Waals surface area contributed by atoms with Gasteiger partial charge in [0.1, 0.15) is 0 Å². The molecule has 0 amide bonds. The Balaban J connectivity index is 1.70. The number of hydrogen-bond acceptors (Lipinski definition) is 2. The van der Waals surface area contributed by atoms with Crippen LogP contribution in [0.5, 0.6) is 0 Å². The number of aromatic amines is 1. The van der Waals surface area contributed by atoms with Crippen LogP contribution >= 0.6 is 0 Å². The molecule has 0 saturated heterocycles. The van der Waals surface area contributed by atoms with Crippen molar-refractivity contribution in [1.82, 2.24) is 9.97 Å². The summed E-state index contributed by atoms with van der Waals surface area (Å²) in [5, 5.41) is 1.23. The number of aromatic nitrogens is 2. The van der Waals surface area contributed by atoms with E-state index in [4.69, 9.17) is 5.73 Å². The molecule has 1 saturated carbocycles. The van der Waals surface area contributed by atoms with Crippen molar-refractivity contribution in [1.29, 1.82) is 0 Å². The normalized spacial score (nSPS) is 21.7. The minimum atomic E-state index is 0.336. The Morgan fingerprint density at radius 3 is 2.79 bits per heavy atom. The minimum absolute atomic E-state index is 0.336. The summed E-state index contributed by atoms with van der Waals surface area (Å²) in [6.45, 7) is 0. The second-order valence-corrected chi connectivity index (χ2v) is 5.26. The van der Waals surface area contributed by atoms with Gasteiger partial charge in [-0.1, -0.05) is 18.2 Å². The highest BCUT2D eigenvalue weighted by Gasteiger charge is 2.34. The van der Waals surface area contributed by atoms with Gasteiger partial charge in [0.15, 0.2) is 0 Å². The topological polar surface area (TPSA) is 54.7 Å². The van der Waals surface area contributed by atoms with Gasteiger partial charge in [-0.3, -0.25) is 4.98 Å². The monoisotopic (exact) mass is 249 g/mol. The third-order valence-corrected chi connectivity index (χ3v) is 3.91. The van der Waals surface area contributed by atoms with Gasteiger partial charge in [-0.15, -0.1) is 0 Å². The number of benzene rings is 1. The van der Waals surface area contributed by atoms with Crippen LogP contribution in [0.1, 0.15) is 17.9 Å². The molecule has 19 heavy (non-hydrogen) atoms. The molecular weight excluding hydrogens is 234 g/mol. The first-order valence-electron chi connectivity index (χ1n) is 6.60. The molecule has 0 radical (unpaired) electrons. The number of H-pyrrole nitrogens is 1. The van der Waals surface area contributed by atoms with E-state index in [1.807, 2.05) is 12.4 Å². The first-order chi connectivity index (χ1) is 9.31. The standard InChI is InChI=1S/C16H15N3/c17-14-8-13(14)12-3-4-15(19-9-12)11-2-1-10-5-6-18-16(10)7-11/h1-7,9,13-14,18H,8,17H2/t13-,14+/m0/s1. The van der Waals surface area contributed by atoms with Gasteiger partial charge in [-0.2, -0.15) is 0 Å². The SMILES string of the molecule is N[C@@H]1C[C@H]1c1ccc(-c2ccc3cc[nH]c3c2)nc1. The summed E-state index contributed by atoms with van der Waals surface area (Å²) in [4.78, 5) is 7.80. The summed E-state index contributed by atoms with van der Waals surface area (Å²) < 4.78 is 0. The number of rotatable bonds is 2. The minimum Gasteiger partial charge on any atom is -0.361 e. The van der Waals surface area contributed by atoms with Gasteiger partial charge in [-0.25, -0.2) is 0 Å². The zero-order valence-electron chi connectivity index (χ0n) is 10.5. The van der Waals surface area contributed by atoms with E-state index in [0.29, 0.717) is 12.0 Å². The first kappa shape index (κ1) is 10.8. The van der Waals surface area contributed by atoms with Crippen molar-refractivity contribution in [3.05, 3.63) is 54.4 Å². The van der Waals surface area contributed by atoms with E-state index in [2.05, 4.69) is 46.4 Å². The smallest absolute Gasteiger partial charge is 0.0702 e. The molecule has 3 nitrogen and oxygen atoms in total. The largest absolute Gasteiger partial charge is 0.361 e. The highest BCUT2D eigenvalue weighted by molar-refractivity contribution is 5.84. The Morgan fingerprint density at radius 2 is 2.05 bits per heavy atom.